The van der Waals surface area contributed by atoms with E-state index in [1.54, 1.807) is 0 Å². The summed E-state index contributed by atoms with van der Waals surface area (Å²) in [5.74, 6) is 0.981. The first-order valence-electron chi connectivity index (χ1n) is 4.73. The Bertz CT molecular complexity index is 175. The highest BCUT2D eigenvalue weighted by atomic mass is 16.5. The molecule has 0 N–H and O–H groups in total. The normalized spacial score (nSPS) is 36.8. The maximum Gasteiger partial charge on any atom is 0.309 e. The Morgan fingerprint density at radius 1 is 1.42 bits per heavy atom. The summed E-state index contributed by atoms with van der Waals surface area (Å²) in [6.07, 6.45) is 1.16. The smallest absolute Gasteiger partial charge is 0.309 e. The van der Waals surface area contributed by atoms with Gasteiger partial charge in [-0.25, -0.2) is 0 Å². The number of hydrogen-bond acceptors (Lipinski definition) is 2. The molecule has 0 spiro atoms. The van der Waals surface area contributed by atoms with Crippen molar-refractivity contribution in [2.24, 2.45) is 17.8 Å². The SMILES string of the molecule is CC(C)[C@@H]1C[C@@H](C)[C@@H](C)C(=O)O1. The second-order valence-corrected chi connectivity index (χ2v) is 4.22. The lowest BCUT2D eigenvalue weighted by atomic mass is 9.85. The quantitative estimate of drug-likeness (QED) is 0.564. The minimum Gasteiger partial charge on any atom is -0.462 e. The lowest BCUT2D eigenvalue weighted by Gasteiger charge is -2.33. The molecule has 2 nitrogen and oxygen atoms in total. The summed E-state index contributed by atoms with van der Waals surface area (Å²) in [7, 11) is 0. The van der Waals surface area contributed by atoms with Crippen LogP contribution in [0.2, 0.25) is 0 Å². The molecule has 1 saturated heterocycles. The van der Waals surface area contributed by atoms with Crippen LogP contribution in [0.1, 0.15) is 34.1 Å². The van der Waals surface area contributed by atoms with Crippen LogP contribution in [0.25, 0.3) is 0 Å². The Morgan fingerprint density at radius 3 is 2.42 bits per heavy atom. The van der Waals surface area contributed by atoms with Gasteiger partial charge in [0.25, 0.3) is 0 Å². The minimum absolute atomic E-state index is 0.0209. The third kappa shape index (κ3) is 1.79. The number of esters is 1. The van der Waals surface area contributed by atoms with E-state index in [4.69, 9.17) is 4.74 Å². The molecule has 0 aromatic heterocycles. The predicted octanol–water partition coefficient (Wildman–Crippen LogP) is 2.23. The standard InChI is InChI=1S/C10H18O2/c1-6(2)9-5-7(3)8(4)10(11)12-9/h6-9H,5H2,1-4H3/t7-,8-,9+/m1/s1. The van der Waals surface area contributed by atoms with E-state index in [1.807, 2.05) is 6.92 Å². The summed E-state index contributed by atoms with van der Waals surface area (Å²) >= 11 is 0. The molecule has 12 heavy (non-hydrogen) atoms. The molecular weight excluding hydrogens is 152 g/mol. The zero-order chi connectivity index (χ0) is 9.30. The van der Waals surface area contributed by atoms with Crippen molar-refractivity contribution in [1.29, 1.82) is 0 Å². The molecule has 1 aliphatic heterocycles. The average Bonchev–Trinajstić information content (AvgIpc) is 1.99. The highest BCUT2D eigenvalue weighted by Gasteiger charge is 2.33. The molecule has 3 atom stereocenters. The maximum absolute atomic E-state index is 11.3. The van der Waals surface area contributed by atoms with Crippen LogP contribution >= 0.6 is 0 Å². The van der Waals surface area contributed by atoms with Crippen molar-refractivity contribution in [3.63, 3.8) is 0 Å². The molecule has 0 unspecified atom stereocenters. The van der Waals surface area contributed by atoms with Gasteiger partial charge in [0.05, 0.1) is 5.92 Å². The molecule has 0 radical (unpaired) electrons. The van der Waals surface area contributed by atoms with Crippen molar-refractivity contribution < 1.29 is 9.53 Å². The fourth-order valence-electron chi connectivity index (χ4n) is 1.52. The van der Waals surface area contributed by atoms with E-state index in [1.165, 1.54) is 0 Å². The lowest BCUT2D eigenvalue weighted by Crippen LogP contribution is -2.37. The van der Waals surface area contributed by atoms with Gasteiger partial charge in [-0.2, -0.15) is 0 Å². The number of rotatable bonds is 1. The lowest BCUT2D eigenvalue weighted by molar-refractivity contribution is -0.166. The summed E-state index contributed by atoms with van der Waals surface area (Å²) in [4.78, 5) is 11.3. The fraction of sp³-hybridized carbons (Fsp3) is 0.900. The molecule has 0 amide bonds. The molecule has 1 heterocycles. The number of ether oxygens (including phenoxy) is 1. The van der Waals surface area contributed by atoms with E-state index in [0.29, 0.717) is 11.8 Å². The molecule has 70 valence electrons. The van der Waals surface area contributed by atoms with Crippen molar-refractivity contribution in [2.45, 2.75) is 40.2 Å². The monoisotopic (exact) mass is 170 g/mol. The Balaban J connectivity index is 2.59. The summed E-state index contributed by atoms with van der Waals surface area (Å²) in [6.45, 7) is 8.27. The molecule has 0 saturated carbocycles. The van der Waals surface area contributed by atoms with Gasteiger partial charge in [-0.15, -0.1) is 0 Å². The number of hydrogen-bond donors (Lipinski definition) is 0. The van der Waals surface area contributed by atoms with Crippen LogP contribution in [-0.2, 0) is 9.53 Å². The van der Waals surface area contributed by atoms with Gasteiger partial charge in [-0.05, 0) is 18.3 Å². The molecule has 1 fully saturated rings. The first kappa shape index (κ1) is 9.56. The Morgan fingerprint density at radius 2 is 2.00 bits per heavy atom. The van der Waals surface area contributed by atoms with Gasteiger partial charge in [0.1, 0.15) is 6.10 Å². The van der Waals surface area contributed by atoms with E-state index in [-0.39, 0.29) is 18.0 Å². The van der Waals surface area contributed by atoms with E-state index in [0.717, 1.165) is 6.42 Å². The number of carbonyl (C=O) groups excluding carboxylic acids is 1. The van der Waals surface area contributed by atoms with Crippen LogP contribution in [0.15, 0.2) is 0 Å². The van der Waals surface area contributed by atoms with Crippen LogP contribution < -0.4 is 0 Å². The van der Waals surface area contributed by atoms with Crippen LogP contribution in [0.5, 0.6) is 0 Å². The molecule has 2 heteroatoms. The minimum atomic E-state index is -0.0209. The van der Waals surface area contributed by atoms with Crippen LogP contribution in [0.4, 0.5) is 0 Å². The molecule has 0 aromatic rings. The zero-order valence-electron chi connectivity index (χ0n) is 8.33. The van der Waals surface area contributed by atoms with E-state index in [9.17, 15) is 4.79 Å². The molecule has 0 bridgehead atoms. The van der Waals surface area contributed by atoms with Gasteiger partial charge in [0.2, 0.25) is 0 Å². The summed E-state index contributed by atoms with van der Waals surface area (Å²) in [6, 6.07) is 0. The first-order valence-corrected chi connectivity index (χ1v) is 4.73. The van der Waals surface area contributed by atoms with Gasteiger partial charge in [0.15, 0.2) is 0 Å². The summed E-state index contributed by atoms with van der Waals surface area (Å²) < 4.78 is 5.29. The topological polar surface area (TPSA) is 26.3 Å². The zero-order valence-corrected chi connectivity index (χ0v) is 8.33. The average molecular weight is 170 g/mol. The van der Waals surface area contributed by atoms with E-state index < -0.39 is 0 Å². The number of carbonyl (C=O) groups is 1. The fourth-order valence-corrected chi connectivity index (χ4v) is 1.52. The number of cyclic esters (lactones) is 1. The van der Waals surface area contributed by atoms with Crippen molar-refractivity contribution in [2.75, 3.05) is 0 Å². The highest BCUT2D eigenvalue weighted by molar-refractivity contribution is 5.73. The van der Waals surface area contributed by atoms with Gasteiger partial charge >= 0.3 is 5.97 Å². The van der Waals surface area contributed by atoms with Gasteiger partial charge in [-0.3, -0.25) is 4.79 Å². The second kappa shape index (κ2) is 3.46. The van der Waals surface area contributed by atoms with Crippen LogP contribution in [-0.4, -0.2) is 12.1 Å². The highest BCUT2D eigenvalue weighted by Crippen LogP contribution is 2.29. The molecule has 0 aromatic carbocycles. The molecule has 1 rings (SSSR count). The van der Waals surface area contributed by atoms with E-state index >= 15 is 0 Å². The first-order chi connectivity index (χ1) is 5.52. The van der Waals surface area contributed by atoms with Crippen LogP contribution in [0, 0.1) is 17.8 Å². The van der Waals surface area contributed by atoms with Gasteiger partial charge < -0.3 is 4.74 Å². The van der Waals surface area contributed by atoms with Crippen molar-refractivity contribution in [3.05, 3.63) is 0 Å². The van der Waals surface area contributed by atoms with Gasteiger partial charge in [0, 0.05) is 0 Å². The maximum atomic E-state index is 11.3. The third-order valence-electron chi connectivity index (χ3n) is 2.84. The van der Waals surface area contributed by atoms with E-state index in [2.05, 4.69) is 20.8 Å². The van der Waals surface area contributed by atoms with Crippen molar-refractivity contribution in [3.8, 4) is 0 Å². The predicted molar refractivity (Wildman–Crippen MR) is 47.7 cm³/mol. The largest absolute Gasteiger partial charge is 0.462 e. The summed E-state index contributed by atoms with van der Waals surface area (Å²) in [5.41, 5.74) is 0. The van der Waals surface area contributed by atoms with Crippen molar-refractivity contribution in [1.82, 2.24) is 0 Å². The Labute approximate surface area is 74.3 Å². The Kier molecular flexibility index (Phi) is 2.76. The Hall–Kier alpha value is -0.530. The third-order valence-corrected chi connectivity index (χ3v) is 2.84. The second-order valence-electron chi connectivity index (χ2n) is 4.22. The molecular formula is C10H18O2. The molecule has 1 aliphatic rings. The molecule has 0 aliphatic carbocycles. The summed E-state index contributed by atoms with van der Waals surface area (Å²) in [5, 5.41) is 0. The van der Waals surface area contributed by atoms with Crippen molar-refractivity contribution >= 4 is 5.97 Å². The van der Waals surface area contributed by atoms with Gasteiger partial charge in [-0.1, -0.05) is 27.7 Å². The van der Waals surface area contributed by atoms with Crippen LogP contribution in [0.3, 0.4) is 0 Å².